The van der Waals surface area contributed by atoms with E-state index in [1.54, 1.807) is 0 Å². The number of aryl methyl sites for hydroxylation is 1. The van der Waals surface area contributed by atoms with E-state index in [2.05, 4.69) is 71.3 Å². The average molecular weight is 532 g/mol. The fourth-order valence-electron chi connectivity index (χ4n) is 3.39. The van der Waals surface area contributed by atoms with E-state index in [-0.39, 0.29) is 23.8 Å². The van der Waals surface area contributed by atoms with Gasteiger partial charge in [-0.25, -0.2) is 0 Å². The predicted molar refractivity (Wildman–Crippen MR) is 138 cm³/mol. The summed E-state index contributed by atoms with van der Waals surface area (Å²) in [6.45, 7) is 12.4. The van der Waals surface area contributed by atoms with Crippen LogP contribution in [0.1, 0.15) is 69.6 Å². The molecule has 1 amide bonds. The normalized spacial score (nSPS) is 12.3. The van der Waals surface area contributed by atoms with E-state index in [1.807, 2.05) is 48.7 Å². The minimum Gasteiger partial charge on any atom is -0.483 e. The first-order valence-corrected chi connectivity index (χ1v) is 12.8. The topological polar surface area (TPSA) is 69.0 Å². The molecule has 0 bridgehead atoms. The third-order valence-electron chi connectivity index (χ3n) is 5.20. The highest BCUT2D eigenvalue weighted by molar-refractivity contribution is 9.10. The summed E-state index contributed by atoms with van der Waals surface area (Å²) in [6, 6.07) is 14.0. The highest BCUT2D eigenvalue weighted by Gasteiger charge is 2.22. The molecule has 1 unspecified atom stereocenters. The summed E-state index contributed by atoms with van der Waals surface area (Å²) in [5.41, 5.74) is 3.12. The Morgan fingerprint density at radius 2 is 1.79 bits per heavy atom. The van der Waals surface area contributed by atoms with Crippen molar-refractivity contribution in [3.05, 3.63) is 63.9 Å². The highest BCUT2D eigenvalue weighted by Crippen LogP contribution is 2.28. The number of thioether (sulfide) groups is 1. The summed E-state index contributed by atoms with van der Waals surface area (Å²) in [5, 5.41) is 12.4. The molecule has 33 heavy (non-hydrogen) atoms. The van der Waals surface area contributed by atoms with Crippen LogP contribution < -0.4 is 10.1 Å². The van der Waals surface area contributed by atoms with Crippen molar-refractivity contribution in [2.24, 2.45) is 0 Å². The molecule has 0 saturated carbocycles. The Morgan fingerprint density at radius 3 is 2.39 bits per heavy atom. The number of nitrogens with one attached hydrogen (secondary N) is 1. The Balaban J connectivity index is 1.66. The molecule has 1 N–H and O–H groups in total. The molecule has 2 aromatic carbocycles. The van der Waals surface area contributed by atoms with E-state index >= 15 is 0 Å². The number of anilines is 1. The van der Waals surface area contributed by atoms with Crippen molar-refractivity contribution in [3.8, 4) is 5.75 Å². The third-order valence-corrected chi connectivity index (χ3v) is 7.04. The molecule has 1 aromatic heterocycles. The molecule has 176 valence electrons. The van der Waals surface area contributed by atoms with Gasteiger partial charge in [-0.05, 0) is 75.1 Å². The van der Waals surface area contributed by atoms with Crippen LogP contribution >= 0.6 is 27.7 Å². The average Bonchev–Trinajstić information content (AvgIpc) is 3.20. The largest absolute Gasteiger partial charge is 0.483 e. The Morgan fingerprint density at radius 1 is 1.09 bits per heavy atom. The number of hydrogen-bond acceptors (Lipinski definition) is 5. The van der Waals surface area contributed by atoms with Gasteiger partial charge in [-0.1, -0.05) is 53.7 Å². The maximum atomic E-state index is 12.5. The quantitative estimate of drug-likeness (QED) is 0.304. The molecule has 0 aliphatic rings. The smallest absolute Gasteiger partial charge is 0.234 e. The molecule has 0 spiro atoms. The molecule has 0 saturated heterocycles. The van der Waals surface area contributed by atoms with Crippen molar-refractivity contribution in [3.63, 3.8) is 0 Å². The van der Waals surface area contributed by atoms with Crippen molar-refractivity contribution in [2.45, 2.75) is 64.8 Å². The first-order chi connectivity index (χ1) is 15.7. The van der Waals surface area contributed by atoms with Gasteiger partial charge in [0.1, 0.15) is 5.75 Å². The molecular weight excluding hydrogens is 500 g/mol. The number of rotatable bonds is 9. The van der Waals surface area contributed by atoms with Gasteiger partial charge >= 0.3 is 0 Å². The zero-order valence-corrected chi connectivity index (χ0v) is 22.3. The van der Waals surface area contributed by atoms with E-state index in [9.17, 15) is 4.79 Å². The summed E-state index contributed by atoms with van der Waals surface area (Å²) in [6.07, 6.45) is -0.279. The van der Waals surface area contributed by atoms with Crippen LogP contribution in [0.25, 0.3) is 0 Å². The Hall–Kier alpha value is -2.32. The van der Waals surface area contributed by atoms with Crippen molar-refractivity contribution < 1.29 is 9.53 Å². The predicted octanol–water partition coefficient (Wildman–Crippen LogP) is 6.92. The van der Waals surface area contributed by atoms with Crippen LogP contribution in [0.3, 0.4) is 0 Å². The van der Waals surface area contributed by atoms with Crippen LogP contribution in [0.4, 0.5) is 5.69 Å². The van der Waals surface area contributed by atoms with Gasteiger partial charge in [0.15, 0.2) is 17.1 Å². The first-order valence-electron chi connectivity index (χ1n) is 11.1. The molecule has 1 atom stereocenters. The van der Waals surface area contributed by atoms with Crippen LogP contribution in [-0.2, 0) is 4.79 Å². The van der Waals surface area contributed by atoms with Crippen LogP contribution in [-0.4, -0.2) is 26.4 Å². The second-order valence-corrected chi connectivity index (χ2v) is 10.4. The van der Waals surface area contributed by atoms with Gasteiger partial charge in [0.05, 0.1) is 5.75 Å². The SMILES string of the molecule is Cc1cc(NC(=O)CSc2nnc(C(C)Oc3ccc(C(C)C)cc3)n2C(C)C)ccc1Br. The summed E-state index contributed by atoms with van der Waals surface area (Å²) >= 11 is 4.85. The van der Waals surface area contributed by atoms with Crippen molar-refractivity contribution >= 4 is 39.3 Å². The summed E-state index contributed by atoms with van der Waals surface area (Å²) < 4.78 is 9.20. The summed E-state index contributed by atoms with van der Waals surface area (Å²) in [4.78, 5) is 12.5. The standard InChI is InChI=1S/C25H31BrN4O2S/c1-15(2)19-7-10-21(11-8-19)32-18(6)24-28-29-25(30(24)16(3)4)33-14-23(31)27-20-9-12-22(26)17(5)13-20/h7-13,15-16,18H,14H2,1-6H3,(H,27,31). The van der Waals surface area contributed by atoms with Gasteiger partial charge in [0.2, 0.25) is 5.91 Å². The number of nitrogens with zero attached hydrogens (tertiary/aromatic N) is 3. The Kier molecular flexibility index (Phi) is 8.59. The van der Waals surface area contributed by atoms with Crippen LogP contribution in [0.5, 0.6) is 5.75 Å². The van der Waals surface area contributed by atoms with Crippen LogP contribution in [0.2, 0.25) is 0 Å². The number of amides is 1. The van der Waals surface area contributed by atoms with Crippen LogP contribution in [0, 0.1) is 6.92 Å². The maximum Gasteiger partial charge on any atom is 0.234 e. The molecular formula is C25H31BrN4O2S. The number of carbonyl (C=O) groups excluding carboxylic acids is 1. The van der Waals surface area contributed by atoms with Gasteiger partial charge < -0.3 is 14.6 Å². The van der Waals surface area contributed by atoms with Crippen molar-refractivity contribution in [1.82, 2.24) is 14.8 Å². The van der Waals surface area contributed by atoms with E-state index in [4.69, 9.17) is 4.74 Å². The second-order valence-electron chi connectivity index (χ2n) is 8.59. The Labute approximate surface area is 208 Å². The lowest BCUT2D eigenvalue weighted by Crippen LogP contribution is -2.16. The van der Waals surface area contributed by atoms with E-state index in [0.717, 1.165) is 27.3 Å². The van der Waals surface area contributed by atoms with Gasteiger partial charge in [0.25, 0.3) is 0 Å². The number of hydrogen-bond donors (Lipinski definition) is 1. The molecule has 3 rings (SSSR count). The van der Waals surface area contributed by atoms with Gasteiger partial charge in [-0.2, -0.15) is 0 Å². The lowest BCUT2D eigenvalue weighted by atomic mass is 10.0. The number of benzene rings is 2. The molecule has 0 radical (unpaired) electrons. The number of carbonyl (C=O) groups is 1. The first kappa shape index (κ1) is 25.3. The number of ether oxygens (including phenoxy) is 1. The maximum absolute atomic E-state index is 12.5. The lowest BCUT2D eigenvalue weighted by molar-refractivity contribution is -0.113. The van der Waals surface area contributed by atoms with Gasteiger partial charge in [0, 0.05) is 16.2 Å². The van der Waals surface area contributed by atoms with E-state index in [0.29, 0.717) is 11.1 Å². The van der Waals surface area contributed by atoms with Crippen LogP contribution in [0.15, 0.2) is 52.1 Å². The molecule has 6 nitrogen and oxygen atoms in total. The van der Waals surface area contributed by atoms with E-state index < -0.39 is 0 Å². The molecule has 8 heteroatoms. The van der Waals surface area contributed by atoms with E-state index in [1.165, 1.54) is 17.3 Å². The zero-order valence-electron chi connectivity index (χ0n) is 19.9. The summed E-state index contributed by atoms with van der Waals surface area (Å²) in [7, 11) is 0. The minimum absolute atomic E-state index is 0.0869. The highest BCUT2D eigenvalue weighted by atomic mass is 79.9. The third kappa shape index (κ3) is 6.60. The number of aromatic nitrogens is 3. The Bertz CT molecular complexity index is 1100. The number of halogens is 1. The minimum atomic E-state index is -0.279. The summed E-state index contributed by atoms with van der Waals surface area (Å²) in [5.74, 6) is 2.17. The fourth-order valence-corrected chi connectivity index (χ4v) is 4.51. The fraction of sp³-hybridized carbons (Fsp3) is 0.400. The molecule has 3 aromatic rings. The lowest BCUT2D eigenvalue weighted by Gasteiger charge is -2.19. The molecule has 1 heterocycles. The molecule has 0 aliphatic carbocycles. The second kappa shape index (κ2) is 11.2. The monoisotopic (exact) mass is 530 g/mol. The van der Waals surface area contributed by atoms with Crippen molar-refractivity contribution in [2.75, 3.05) is 11.1 Å². The van der Waals surface area contributed by atoms with Gasteiger partial charge in [-0.15, -0.1) is 10.2 Å². The van der Waals surface area contributed by atoms with Crippen molar-refractivity contribution in [1.29, 1.82) is 0 Å². The zero-order chi connectivity index (χ0) is 24.1. The molecule has 0 fully saturated rings. The molecule has 0 aliphatic heterocycles. The van der Waals surface area contributed by atoms with Gasteiger partial charge in [-0.3, -0.25) is 4.79 Å².